The second-order valence-electron chi connectivity index (χ2n) is 3.89. The lowest BCUT2D eigenvalue weighted by Crippen LogP contribution is -2.40. The summed E-state index contributed by atoms with van der Waals surface area (Å²) in [4.78, 5) is 13.8. The molecule has 0 spiro atoms. The minimum Gasteiger partial charge on any atom is -0.393 e. The van der Waals surface area contributed by atoms with E-state index in [4.69, 9.17) is 0 Å². The highest BCUT2D eigenvalue weighted by Crippen LogP contribution is 2.13. The fourth-order valence-electron chi connectivity index (χ4n) is 1.83. The molecule has 2 rings (SSSR count). The first-order valence-corrected chi connectivity index (χ1v) is 5.30. The number of amides is 1. The number of benzene rings is 1. The van der Waals surface area contributed by atoms with E-state index in [1.54, 1.807) is 0 Å². The van der Waals surface area contributed by atoms with Crippen molar-refractivity contribution in [1.29, 1.82) is 0 Å². The summed E-state index contributed by atoms with van der Waals surface area (Å²) >= 11 is 0. The lowest BCUT2D eigenvalue weighted by molar-refractivity contribution is 0.0546. The molecule has 1 N–H and O–H groups in total. The van der Waals surface area contributed by atoms with Crippen molar-refractivity contribution in [2.75, 3.05) is 13.1 Å². The molecule has 1 aromatic carbocycles. The number of aliphatic hydroxyl groups excluding tert-OH is 1. The number of piperidine rings is 1. The number of hydrogen-bond acceptors (Lipinski definition) is 2. The number of hydrogen-bond donors (Lipinski definition) is 1. The number of carbonyl (C=O) groups is 1. The summed E-state index contributed by atoms with van der Waals surface area (Å²) in [5.41, 5.74) is 0.730. The SMILES string of the molecule is O=C(c1ccccc1)N1CCC(O)CC1. The summed E-state index contributed by atoms with van der Waals surface area (Å²) in [6.45, 7) is 1.32. The van der Waals surface area contributed by atoms with Gasteiger partial charge in [-0.25, -0.2) is 0 Å². The molecule has 0 aliphatic carbocycles. The molecule has 3 heteroatoms. The summed E-state index contributed by atoms with van der Waals surface area (Å²) in [6, 6.07) is 9.29. The van der Waals surface area contributed by atoms with Gasteiger partial charge in [-0.15, -0.1) is 0 Å². The largest absolute Gasteiger partial charge is 0.393 e. The van der Waals surface area contributed by atoms with Crippen LogP contribution in [0.15, 0.2) is 30.3 Å². The van der Waals surface area contributed by atoms with Crippen LogP contribution in [0.1, 0.15) is 23.2 Å². The molecular formula is C12H15NO2. The van der Waals surface area contributed by atoms with Crippen molar-refractivity contribution in [3.63, 3.8) is 0 Å². The van der Waals surface area contributed by atoms with E-state index in [1.807, 2.05) is 35.2 Å². The summed E-state index contributed by atoms with van der Waals surface area (Å²) in [5, 5.41) is 9.34. The van der Waals surface area contributed by atoms with Gasteiger partial charge in [0.1, 0.15) is 0 Å². The van der Waals surface area contributed by atoms with E-state index in [0.717, 1.165) is 5.56 Å². The lowest BCUT2D eigenvalue weighted by atomic mass is 10.1. The standard InChI is InChI=1S/C12H15NO2/c14-11-6-8-13(9-7-11)12(15)10-4-2-1-3-5-10/h1-5,11,14H,6-9H2. The topological polar surface area (TPSA) is 40.5 Å². The first-order valence-electron chi connectivity index (χ1n) is 5.30. The van der Waals surface area contributed by atoms with Gasteiger partial charge in [0.2, 0.25) is 0 Å². The van der Waals surface area contributed by atoms with Crippen molar-refractivity contribution in [2.45, 2.75) is 18.9 Å². The van der Waals surface area contributed by atoms with E-state index in [9.17, 15) is 9.90 Å². The van der Waals surface area contributed by atoms with Crippen molar-refractivity contribution >= 4 is 5.91 Å². The average Bonchev–Trinajstić information content (AvgIpc) is 2.30. The van der Waals surface area contributed by atoms with Gasteiger partial charge in [-0.05, 0) is 25.0 Å². The van der Waals surface area contributed by atoms with E-state index >= 15 is 0 Å². The number of aliphatic hydroxyl groups is 1. The molecular weight excluding hydrogens is 190 g/mol. The molecule has 1 aliphatic rings. The molecule has 0 saturated carbocycles. The summed E-state index contributed by atoms with van der Waals surface area (Å²) in [6.07, 6.45) is 1.15. The number of nitrogens with zero attached hydrogens (tertiary/aromatic N) is 1. The summed E-state index contributed by atoms with van der Waals surface area (Å²) < 4.78 is 0. The van der Waals surface area contributed by atoms with E-state index < -0.39 is 0 Å². The molecule has 15 heavy (non-hydrogen) atoms. The van der Waals surface area contributed by atoms with Crippen molar-refractivity contribution in [2.24, 2.45) is 0 Å². The van der Waals surface area contributed by atoms with Crippen molar-refractivity contribution < 1.29 is 9.90 Å². The molecule has 0 bridgehead atoms. The Morgan fingerprint density at radius 2 is 1.80 bits per heavy atom. The van der Waals surface area contributed by atoms with Crippen LogP contribution in [0.5, 0.6) is 0 Å². The highest BCUT2D eigenvalue weighted by molar-refractivity contribution is 5.94. The van der Waals surface area contributed by atoms with Crippen molar-refractivity contribution in [1.82, 2.24) is 4.90 Å². The third-order valence-corrected chi connectivity index (χ3v) is 2.77. The smallest absolute Gasteiger partial charge is 0.253 e. The first kappa shape index (κ1) is 10.2. The lowest BCUT2D eigenvalue weighted by Gasteiger charge is -2.29. The van der Waals surface area contributed by atoms with Crippen LogP contribution in [0.3, 0.4) is 0 Å². The van der Waals surface area contributed by atoms with Crippen LogP contribution in [-0.2, 0) is 0 Å². The highest BCUT2D eigenvalue weighted by atomic mass is 16.3. The quantitative estimate of drug-likeness (QED) is 0.750. The van der Waals surface area contributed by atoms with Gasteiger partial charge in [0, 0.05) is 18.7 Å². The fraction of sp³-hybridized carbons (Fsp3) is 0.417. The predicted octanol–water partition coefficient (Wildman–Crippen LogP) is 1.28. The van der Waals surface area contributed by atoms with Crippen molar-refractivity contribution in [3.05, 3.63) is 35.9 Å². The zero-order chi connectivity index (χ0) is 10.7. The molecule has 1 heterocycles. The second-order valence-corrected chi connectivity index (χ2v) is 3.89. The van der Waals surface area contributed by atoms with E-state index in [0.29, 0.717) is 25.9 Å². The number of likely N-dealkylation sites (tertiary alicyclic amines) is 1. The Balaban J connectivity index is 2.03. The first-order chi connectivity index (χ1) is 7.27. The highest BCUT2D eigenvalue weighted by Gasteiger charge is 2.21. The van der Waals surface area contributed by atoms with Gasteiger partial charge in [0.15, 0.2) is 0 Å². The molecule has 0 radical (unpaired) electrons. The van der Waals surface area contributed by atoms with Crippen LogP contribution in [-0.4, -0.2) is 35.1 Å². The van der Waals surface area contributed by atoms with Gasteiger partial charge in [-0.1, -0.05) is 18.2 Å². The van der Waals surface area contributed by atoms with Gasteiger partial charge in [0.25, 0.3) is 5.91 Å². The third kappa shape index (κ3) is 2.36. The summed E-state index contributed by atoms with van der Waals surface area (Å²) in [5.74, 6) is 0.0718. The molecule has 1 fully saturated rings. The van der Waals surface area contributed by atoms with Gasteiger partial charge in [0.05, 0.1) is 6.10 Å². The molecule has 3 nitrogen and oxygen atoms in total. The molecule has 1 saturated heterocycles. The minimum absolute atomic E-state index is 0.0718. The minimum atomic E-state index is -0.232. The van der Waals surface area contributed by atoms with Crippen LogP contribution in [0.2, 0.25) is 0 Å². The van der Waals surface area contributed by atoms with Crippen LogP contribution in [0.25, 0.3) is 0 Å². The van der Waals surface area contributed by atoms with E-state index in [-0.39, 0.29) is 12.0 Å². The maximum absolute atomic E-state index is 12.0. The summed E-state index contributed by atoms with van der Waals surface area (Å²) in [7, 11) is 0. The second kappa shape index (κ2) is 4.45. The Kier molecular flexibility index (Phi) is 3.02. The Hall–Kier alpha value is -1.35. The van der Waals surface area contributed by atoms with Crippen molar-refractivity contribution in [3.8, 4) is 0 Å². The van der Waals surface area contributed by atoms with Crippen LogP contribution >= 0.6 is 0 Å². The zero-order valence-electron chi connectivity index (χ0n) is 8.60. The van der Waals surface area contributed by atoms with Gasteiger partial charge in [-0.3, -0.25) is 4.79 Å². The monoisotopic (exact) mass is 205 g/mol. The predicted molar refractivity (Wildman–Crippen MR) is 57.6 cm³/mol. The molecule has 1 aromatic rings. The third-order valence-electron chi connectivity index (χ3n) is 2.77. The molecule has 80 valence electrons. The Bertz CT molecular complexity index is 329. The Labute approximate surface area is 89.3 Å². The van der Waals surface area contributed by atoms with E-state index in [2.05, 4.69) is 0 Å². The maximum atomic E-state index is 12.0. The normalized spacial score (nSPS) is 17.8. The zero-order valence-corrected chi connectivity index (χ0v) is 8.60. The Morgan fingerprint density at radius 1 is 1.20 bits per heavy atom. The fourth-order valence-corrected chi connectivity index (χ4v) is 1.83. The molecule has 0 unspecified atom stereocenters. The van der Waals surface area contributed by atoms with Gasteiger partial charge in [-0.2, -0.15) is 0 Å². The van der Waals surface area contributed by atoms with E-state index in [1.165, 1.54) is 0 Å². The molecule has 0 atom stereocenters. The van der Waals surface area contributed by atoms with Crippen LogP contribution < -0.4 is 0 Å². The number of carbonyl (C=O) groups excluding carboxylic acids is 1. The molecule has 1 amide bonds. The van der Waals surface area contributed by atoms with Crippen LogP contribution in [0.4, 0.5) is 0 Å². The number of rotatable bonds is 1. The molecule has 1 aliphatic heterocycles. The Morgan fingerprint density at radius 3 is 2.40 bits per heavy atom. The molecule has 0 aromatic heterocycles. The van der Waals surface area contributed by atoms with Crippen LogP contribution in [0, 0.1) is 0 Å². The van der Waals surface area contributed by atoms with Gasteiger partial charge >= 0.3 is 0 Å². The maximum Gasteiger partial charge on any atom is 0.253 e. The average molecular weight is 205 g/mol. The van der Waals surface area contributed by atoms with Gasteiger partial charge < -0.3 is 10.0 Å².